The van der Waals surface area contributed by atoms with Crippen molar-refractivity contribution >= 4 is 0 Å². The highest BCUT2D eigenvalue weighted by Crippen LogP contribution is 2.15. The van der Waals surface area contributed by atoms with E-state index < -0.39 is 0 Å². The van der Waals surface area contributed by atoms with Gasteiger partial charge in [-0.2, -0.15) is 0 Å². The van der Waals surface area contributed by atoms with E-state index in [0.717, 1.165) is 37.2 Å². The fourth-order valence-corrected chi connectivity index (χ4v) is 2.41. The Bertz CT molecular complexity index is 412. The van der Waals surface area contributed by atoms with E-state index >= 15 is 0 Å². The summed E-state index contributed by atoms with van der Waals surface area (Å²) in [5, 5.41) is 3.35. The molecule has 3 nitrogen and oxygen atoms in total. The second kappa shape index (κ2) is 9.87. The number of halogens is 1. The lowest BCUT2D eigenvalue weighted by Gasteiger charge is -2.27. The van der Waals surface area contributed by atoms with Crippen LogP contribution in [0.4, 0.5) is 4.39 Å². The SMILES string of the molecule is CCCNCc1ccc(F)c(CN(CC)C(C)COC)c1. The molecule has 4 heteroatoms. The average molecular weight is 296 g/mol. The second-order valence-corrected chi connectivity index (χ2v) is 5.47. The van der Waals surface area contributed by atoms with Crippen LogP contribution in [0, 0.1) is 5.82 Å². The minimum atomic E-state index is -0.127. The van der Waals surface area contributed by atoms with E-state index in [4.69, 9.17) is 4.74 Å². The van der Waals surface area contributed by atoms with Gasteiger partial charge in [-0.15, -0.1) is 0 Å². The van der Waals surface area contributed by atoms with E-state index in [2.05, 4.69) is 31.0 Å². The Morgan fingerprint density at radius 1 is 1.33 bits per heavy atom. The molecule has 1 rings (SSSR count). The zero-order valence-corrected chi connectivity index (χ0v) is 13.8. The van der Waals surface area contributed by atoms with Gasteiger partial charge in [0.25, 0.3) is 0 Å². The van der Waals surface area contributed by atoms with Crippen LogP contribution in [0.25, 0.3) is 0 Å². The van der Waals surface area contributed by atoms with Crippen molar-refractivity contribution in [2.75, 3.05) is 26.8 Å². The summed E-state index contributed by atoms with van der Waals surface area (Å²) in [6.07, 6.45) is 1.10. The third-order valence-electron chi connectivity index (χ3n) is 3.68. The van der Waals surface area contributed by atoms with Crippen molar-refractivity contribution in [3.05, 3.63) is 35.1 Å². The molecule has 0 spiro atoms. The number of hydrogen-bond donors (Lipinski definition) is 1. The first-order chi connectivity index (χ1) is 10.1. The first kappa shape index (κ1) is 18.1. The van der Waals surface area contributed by atoms with Crippen LogP contribution in [0.5, 0.6) is 0 Å². The van der Waals surface area contributed by atoms with E-state index in [1.807, 2.05) is 12.1 Å². The molecular formula is C17H29FN2O. The van der Waals surface area contributed by atoms with E-state index in [1.165, 1.54) is 0 Å². The van der Waals surface area contributed by atoms with Crippen LogP contribution in [0.15, 0.2) is 18.2 Å². The first-order valence-corrected chi connectivity index (χ1v) is 7.83. The molecule has 21 heavy (non-hydrogen) atoms. The summed E-state index contributed by atoms with van der Waals surface area (Å²) in [7, 11) is 1.70. The first-order valence-electron chi connectivity index (χ1n) is 7.83. The summed E-state index contributed by atoms with van der Waals surface area (Å²) in [6, 6.07) is 5.69. The third kappa shape index (κ3) is 6.12. The van der Waals surface area contributed by atoms with Crippen LogP contribution in [-0.2, 0) is 17.8 Å². The highest BCUT2D eigenvalue weighted by atomic mass is 19.1. The van der Waals surface area contributed by atoms with Gasteiger partial charge in [-0.1, -0.05) is 26.0 Å². The van der Waals surface area contributed by atoms with E-state index in [9.17, 15) is 4.39 Å². The standard InChI is InChI=1S/C17H29FN2O/c1-5-9-19-11-15-7-8-17(18)16(10-15)12-20(6-2)14(3)13-21-4/h7-8,10,14,19H,5-6,9,11-13H2,1-4H3. The van der Waals surface area contributed by atoms with Crippen LogP contribution in [-0.4, -0.2) is 37.7 Å². The highest BCUT2D eigenvalue weighted by molar-refractivity contribution is 5.25. The molecule has 0 aromatic heterocycles. The Labute approximate surface area is 128 Å². The van der Waals surface area contributed by atoms with Gasteiger partial charge in [0.1, 0.15) is 5.82 Å². The fraction of sp³-hybridized carbons (Fsp3) is 0.647. The zero-order chi connectivity index (χ0) is 15.7. The van der Waals surface area contributed by atoms with E-state index in [1.54, 1.807) is 13.2 Å². The molecule has 0 fully saturated rings. The zero-order valence-electron chi connectivity index (χ0n) is 13.8. The van der Waals surface area contributed by atoms with E-state index in [-0.39, 0.29) is 11.9 Å². The Morgan fingerprint density at radius 2 is 2.10 bits per heavy atom. The van der Waals surface area contributed by atoms with E-state index in [0.29, 0.717) is 13.2 Å². The Kier molecular flexibility index (Phi) is 8.50. The van der Waals surface area contributed by atoms with Gasteiger partial charge in [-0.25, -0.2) is 4.39 Å². The number of methoxy groups -OCH3 is 1. The number of nitrogens with zero attached hydrogens (tertiary/aromatic N) is 1. The molecule has 1 unspecified atom stereocenters. The maximum atomic E-state index is 14.0. The number of hydrogen-bond acceptors (Lipinski definition) is 3. The molecule has 1 aromatic carbocycles. The minimum absolute atomic E-state index is 0.127. The van der Waals surface area contributed by atoms with Crippen molar-refractivity contribution in [1.82, 2.24) is 10.2 Å². The molecule has 1 aromatic rings. The Balaban J connectivity index is 2.73. The topological polar surface area (TPSA) is 24.5 Å². The van der Waals surface area contributed by atoms with Crippen LogP contribution in [0.3, 0.4) is 0 Å². The number of nitrogens with one attached hydrogen (secondary N) is 1. The molecule has 0 amide bonds. The summed E-state index contributed by atoms with van der Waals surface area (Å²) in [6.45, 7) is 10.3. The summed E-state index contributed by atoms with van der Waals surface area (Å²) < 4.78 is 19.2. The van der Waals surface area contributed by atoms with Gasteiger partial charge >= 0.3 is 0 Å². The van der Waals surface area contributed by atoms with Gasteiger partial charge in [-0.3, -0.25) is 4.90 Å². The maximum Gasteiger partial charge on any atom is 0.127 e. The van der Waals surface area contributed by atoms with Gasteiger partial charge in [0, 0.05) is 31.8 Å². The molecular weight excluding hydrogens is 267 g/mol. The molecule has 1 atom stereocenters. The number of rotatable bonds is 10. The normalized spacial score (nSPS) is 12.9. The molecule has 0 aliphatic heterocycles. The van der Waals surface area contributed by atoms with Crippen LogP contribution < -0.4 is 5.32 Å². The number of benzene rings is 1. The van der Waals surface area contributed by atoms with Gasteiger partial charge in [-0.05, 0) is 38.1 Å². The maximum absolute atomic E-state index is 14.0. The van der Waals surface area contributed by atoms with Gasteiger partial charge in [0.15, 0.2) is 0 Å². The fourth-order valence-electron chi connectivity index (χ4n) is 2.41. The number of likely N-dealkylation sites (N-methyl/N-ethyl adjacent to an activating group) is 1. The summed E-state index contributed by atoms with van der Waals surface area (Å²) in [4.78, 5) is 2.23. The average Bonchev–Trinajstić information content (AvgIpc) is 2.48. The molecule has 0 aliphatic carbocycles. The molecule has 0 radical (unpaired) electrons. The van der Waals surface area contributed by atoms with Crippen LogP contribution in [0.2, 0.25) is 0 Å². The molecule has 0 heterocycles. The van der Waals surface area contributed by atoms with Crippen molar-refractivity contribution in [2.45, 2.75) is 46.3 Å². The van der Waals surface area contributed by atoms with Crippen molar-refractivity contribution < 1.29 is 9.13 Å². The minimum Gasteiger partial charge on any atom is -0.383 e. The smallest absolute Gasteiger partial charge is 0.127 e. The highest BCUT2D eigenvalue weighted by Gasteiger charge is 2.14. The molecule has 120 valence electrons. The van der Waals surface area contributed by atoms with Gasteiger partial charge < -0.3 is 10.1 Å². The molecule has 0 saturated heterocycles. The van der Waals surface area contributed by atoms with Crippen LogP contribution >= 0.6 is 0 Å². The summed E-state index contributed by atoms with van der Waals surface area (Å²) in [5.41, 5.74) is 1.89. The number of ether oxygens (including phenoxy) is 1. The Morgan fingerprint density at radius 3 is 2.71 bits per heavy atom. The summed E-state index contributed by atoms with van der Waals surface area (Å²) >= 11 is 0. The largest absolute Gasteiger partial charge is 0.383 e. The van der Waals surface area contributed by atoms with Gasteiger partial charge in [0.05, 0.1) is 6.61 Å². The van der Waals surface area contributed by atoms with Crippen molar-refractivity contribution in [3.63, 3.8) is 0 Å². The molecule has 1 N–H and O–H groups in total. The molecule has 0 aliphatic rings. The second-order valence-electron chi connectivity index (χ2n) is 5.47. The molecule has 0 saturated carbocycles. The lowest BCUT2D eigenvalue weighted by atomic mass is 10.1. The Hall–Kier alpha value is -0.970. The monoisotopic (exact) mass is 296 g/mol. The lowest BCUT2D eigenvalue weighted by molar-refractivity contribution is 0.0974. The quantitative estimate of drug-likeness (QED) is 0.671. The van der Waals surface area contributed by atoms with Crippen molar-refractivity contribution in [3.8, 4) is 0 Å². The third-order valence-corrected chi connectivity index (χ3v) is 3.68. The predicted molar refractivity (Wildman–Crippen MR) is 85.8 cm³/mol. The van der Waals surface area contributed by atoms with Gasteiger partial charge in [0.2, 0.25) is 0 Å². The predicted octanol–water partition coefficient (Wildman–Crippen LogP) is 3.18. The van der Waals surface area contributed by atoms with Crippen molar-refractivity contribution in [1.29, 1.82) is 0 Å². The van der Waals surface area contributed by atoms with Crippen LogP contribution in [0.1, 0.15) is 38.3 Å². The molecule has 0 bridgehead atoms. The lowest BCUT2D eigenvalue weighted by Crippen LogP contribution is -2.35. The summed E-state index contributed by atoms with van der Waals surface area (Å²) in [5.74, 6) is -0.127. The van der Waals surface area contributed by atoms with Crippen molar-refractivity contribution in [2.24, 2.45) is 0 Å².